The summed E-state index contributed by atoms with van der Waals surface area (Å²) in [5.74, 6) is -1.04. The van der Waals surface area contributed by atoms with Gasteiger partial charge in [-0.15, -0.1) is 0 Å². The van der Waals surface area contributed by atoms with Crippen LogP contribution in [0.25, 0.3) is 11.6 Å². The molecule has 4 N–H and O–H groups in total. The number of rotatable bonds is 7. The lowest BCUT2D eigenvalue weighted by molar-refractivity contribution is -0.111. The van der Waals surface area contributed by atoms with Crippen LogP contribution in [0.5, 0.6) is 0 Å². The number of hydrogen-bond donors (Lipinski definition) is 3. The Balaban J connectivity index is 1.63. The van der Waals surface area contributed by atoms with E-state index in [2.05, 4.69) is 19.5 Å². The van der Waals surface area contributed by atoms with Gasteiger partial charge < -0.3 is 16.5 Å². The summed E-state index contributed by atoms with van der Waals surface area (Å²) >= 11 is 0. The number of halogens is 2. The number of carbonyl (C=O) groups excluding carboxylic acids is 1. The van der Waals surface area contributed by atoms with E-state index in [1.54, 1.807) is 12.1 Å². The first-order valence-electron chi connectivity index (χ1n) is 9.16. The summed E-state index contributed by atoms with van der Waals surface area (Å²) < 4.78 is 27.6. The molecule has 1 fully saturated rings. The molecule has 0 saturated carbocycles. The third kappa shape index (κ3) is 5.34. The zero-order valence-electron chi connectivity index (χ0n) is 16.1. The van der Waals surface area contributed by atoms with Gasteiger partial charge in [-0.05, 0) is 23.8 Å². The van der Waals surface area contributed by atoms with Gasteiger partial charge in [0.25, 0.3) is 0 Å². The Labute approximate surface area is 175 Å². The predicted molar refractivity (Wildman–Crippen MR) is 118 cm³/mol. The van der Waals surface area contributed by atoms with E-state index in [1.807, 2.05) is 17.0 Å². The lowest BCUT2D eigenvalue weighted by Crippen LogP contribution is -2.54. The molecule has 156 valence electrons. The van der Waals surface area contributed by atoms with Gasteiger partial charge in [-0.3, -0.25) is 14.7 Å². The number of likely N-dealkylation sites (tertiary alicyclic amines) is 1. The number of hydrogen-bond acceptors (Lipinski definition) is 5. The molecule has 2 heterocycles. The molecular weight excluding hydrogens is 407 g/mol. The maximum absolute atomic E-state index is 14.1. The number of nitrogens with one attached hydrogen (secondary N) is 2. The molecule has 0 radical (unpaired) electrons. The van der Waals surface area contributed by atoms with E-state index >= 15 is 0 Å². The summed E-state index contributed by atoms with van der Waals surface area (Å²) in [6.07, 6.45) is 7.14. The van der Waals surface area contributed by atoms with E-state index in [-0.39, 0.29) is 11.1 Å². The molecule has 0 bridgehead atoms. The van der Waals surface area contributed by atoms with Gasteiger partial charge in [-0.2, -0.15) is 0 Å². The van der Waals surface area contributed by atoms with Crippen LogP contribution in [0.4, 0.5) is 14.5 Å². The summed E-state index contributed by atoms with van der Waals surface area (Å²) in [4.78, 5) is 18.0. The van der Waals surface area contributed by atoms with Gasteiger partial charge in [0.15, 0.2) is 0 Å². The highest BCUT2D eigenvalue weighted by molar-refractivity contribution is 7.18. The highest BCUT2D eigenvalue weighted by Crippen LogP contribution is 2.32. The number of nitrogens with two attached hydrogens (primary N) is 1. The van der Waals surface area contributed by atoms with Crippen molar-refractivity contribution < 1.29 is 13.6 Å². The molecule has 1 amide bonds. The summed E-state index contributed by atoms with van der Waals surface area (Å²) in [5.41, 5.74) is 7.68. The number of carbonyl (C=O) groups is 1. The standard InChI is InChI=1S/C21H22F2N5OP/c22-18-10-26-9-15(20(18)16(7-24)8-25)3-6-19(29)27-17-4-1-14(2-5-17)11-28-12-21(23,30)13-28/h1-10,24H,11-13,25,30H2,(H,27,29)/b6-3+,16-8+,24-7?. The average molecular weight is 429 g/mol. The minimum Gasteiger partial charge on any atom is -0.404 e. The molecule has 0 spiro atoms. The van der Waals surface area contributed by atoms with Crippen LogP contribution < -0.4 is 11.1 Å². The largest absolute Gasteiger partial charge is 0.404 e. The summed E-state index contributed by atoms with van der Waals surface area (Å²) in [5, 5.41) is 8.90. The molecule has 1 unspecified atom stereocenters. The van der Waals surface area contributed by atoms with Crippen molar-refractivity contribution in [2.75, 3.05) is 18.4 Å². The van der Waals surface area contributed by atoms with Crippen molar-refractivity contribution in [1.82, 2.24) is 9.88 Å². The van der Waals surface area contributed by atoms with E-state index < -0.39 is 17.1 Å². The molecule has 1 aromatic carbocycles. The maximum Gasteiger partial charge on any atom is 0.248 e. The van der Waals surface area contributed by atoms with E-state index in [0.29, 0.717) is 30.9 Å². The second-order valence-electron chi connectivity index (χ2n) is 7.05. The summed E-state index contributed by atoms with van der Waals surface area (Å²) in [6.45, 7) is 1.42. The SMILES string of the molecule is N=C/C(=C\N)c1c(F)cncc1/C=C/C(=O)Nc1ccc(CN2CC(F)(P)C2)cc1. The van der Waals surface area contributed by atoms with Crippen molar-refractivity contribution in [3.8, 4) is 0 Å². The molecule has 3 rings (SSSR count). The van der Waals surface area contributed by atoms with Gasteiger partial charge in [-0.25, -0.2) is 8.78 Å². The number of benzene rings is 1. The smallest absolute Gasteiger partial charge is 0.248 e. The van der Waals surface area contributed by atoms with Gasteiger partial charge in [0.2, 0.25) is 5.91 Å². The third-order valence-corrected chi connectivity index (χ3v) is 4.93. The van der Waals surface area contributed by atoms with Crippen molar-refractivity contribution in [3.05, 3.63) is 71.4 Å². The molecular formula is C21H22F2N5OP. The van der Waals surface area contributed by atoms with Crippen molar-refractivity contribution in [3.63, 3.8) is 0 Å². The Morgan fingerprint density at radius 1 is 1.33 bits per heavy atom. The Kier molecular flexibility index (Phi) is 6.70. The van der Waals surface area contributed by atoms with Crippen LogP contribution >= 0.6 is 9.24 Å². The fourth-order valence-electron chi connectivity index (χ4n) is 3.19. The molecule has 2 aromatic rings. The van der Waals surface area contributed by atoms with Crippen LogP contribution in [0.3, 0.4) is 0 Å². The third-order valence-electron chi connectivity index (χ3n) is 4.57. The number of nitrogens with zero attached hydrogens (tertiary/aromatic N) is 2. The number of pyridine rings is 1. The minimum absolute atomic E-state index is 0.102. The lowest BCUT2D eigenvalue weighted by atomic mass is 10.0. The Morgan fingerprint density at radius 2 is 2.03 bits per heavy atom. The van der Waals surface area contributed by atoms with Crippen LogP contribution in [0.2, 0.25) is 0 Å². The summed E-state index contributed by atoms with van der Waals surface area (Å²) in [7, 11) is 2.22. The Bertz CT molecular complexity index is 997. The van der Waals surface area contributed by atoms with Gasteiger partial charge in [0.1, 0.15) is 11.2 Å². The molecule has 1 saturated heterocycles. The molecule has 1 atom stereocenters. The number of allylic oxidation sites excluding steroid dienone is 1. The van der Waals surface area contributed by atoms with Crippen LogP contribution in [-0.2, 0) is 11.3 Å². The molecule has 1 aromatic heterocycles. The first-order chi connectivity index (χ1) is 14.3. The molecule has 1 aliphatic rings. The fraction of sp³-hybridized carbons (Fsp3) is 0.190. The number of anilines is 1. The van der Waals surface area contributed by atoms with Crippen LogP contribution in [-0.4, -0.2) is 40.5 Å². The Morgan fingerprint density at radius 3 is 2.63 bits per heavy atom. The van der Waals surface area contributed by atoms with Gasteiger partial charge in [0.05, 0.1) is 6.20 Å². The molecule has 1 aliphatic heterocycles. The molecule has 0 aliphatic carbocycles. The van der Waals surface area contributed by atoms with Gasteiger partial charge >= 0.3 is 0 Å². The normalized spacial score (nSPS) is 16.3. The van der Waals surface area contributed by atoms with E-state index in [0.717, 1.165) is 24.2 Å². The van der Waals surface area contributed by atoms with E-state index in [4.69, 9.17) is 11.1 Å². The zero-order chi connectivity index (χ0) is 21.7. The number of aromatic nitrogens is 1. The first-order valence-corrected chi connectivity index (χ1v) is 9.73. The van der Waals surface area contributed by atoms with Crippen molar-refractivity contribution in [1.29, 1.82) is 5.41 Å². The van der Waals surface area contributed by atoms with Crippen LogP contribution in [0, 0.1) is 11.2 Å². The quantitative estimate of drug-likeness (QED) is 0.358. The average Bonchev–Trinajstić information content (AvgIpc) is 2.69. The van der Waals surface area contributed by atoms with E-state index in [9.17, 15) is 13.6 Å². The molecule has 30 heavy (non-hydrogen) atoms. The van der Waals surface area contributed by atoms with Crippen LogP contribution in [0.15, 0.2) is 48.9 Å². The van der Waals surface area contributed by atoms with Crippen molar-refractivity contribution >= 4 is 38.7 Å². The van der Waals surface area contributed by atoms with Gasteiger partial charge in [-0.1, -0.05) is 21.4 Å². The monoisotopic (exact) mass is 429 g/mol. The predicted octanol–water partition coefficient (Wildman–Crippen LogP) is 3.18. The lowest BCUT2D eigenvalue weighted by Gasteiger charge is -2.42. The number of alkyl halides is 1. The number of amides is 1. The van der Waals surface area contributed by atoms with Crippen molar-refractivity contribution in [2.45, 2.75) is 12.0 Å². The fourth-order valence-corrected chi connectivity index (χ4v) is 3.71. The highest BCUT2D eigenvalue weighted by Gasteiger charge is 2.38. The molecule has 9 heteroatoms. The minimum atomic E-state index is -1.18. The van der Waals surface area contributed by atoms with Crippen LogP contribution in [0.1, 0.15) is 16.7 Å². The molecule has 6 nitrogen and oxygen atoms in total. The maximum atomic E-state index is 14.1. The van der Waals surface area contributed by atoms with E-state index in [1.165, 1.54) is 18.3 Å². The second kappa shape index (κ2) is 9.24. The highest BCUT2D eigenvalue weighted by atomic mass is 31.0. The van der Waals surface area contributed by atoms with Crippen molar-refractivity contribution in [2.24, 2.45) is 5.73 Å². The Hall–Kier alpha value is -2.96. The topological polar surface area (TPSA) is 95.1 Å². The second-order valence-corrected chi connectivity index (χ2v) is 8.09. The zero-order valence-corrected chi connectivity index (χ0v) is 17.3. The summed E-state index contributed by atoms with van der Waals surface area (Å²) in [6, 6.07) is 7.28. The first kappa shape index (κ1) is 21.7. The van der Waals surface area contributed by atoms with Gasteiger partial charge in [0, 0.05) is 66.7 Å².